The Morgan fingerprint density at radius 1 is 1.27 bits per heavy atom. The molecular weight excluding hydrogens is 186 g/mol. The molecular formula is C13H25NO. The van der Waals surface area contributed by atoms with E-state index in [0.29, 0.717) is 12.1 Å². The van der Waals surface area contributed by atoms with Crippen LogP contribution < -0.4 is 0 Å². The summed E-state index contributed by atoms with van der Waals surface area (Å²) in [6.07, 6.45) is 7.34. The van der Waals surface area contributed by atoms with Crippen LogP contribution in [0.15, 0.2) is 0 Å². The van der Waals surface area contributed by atoms with Crippen LogP contribution in [0.4, 0.5) is 0 Å². The zero-order valence-electron chi connectivity index (χ0n) is 10.2. The van der Waals surface area contributed by atoms with Crippen molar-refractivity contribution in [3.63, 3.8) is 0 Å². The van der Waals surface area contributed by atoms with Gasteiger partial charge in [0, 0.05) is 12.1 Å². The number of aliphatic hydroxyl groups is 1. The topological polar surface area (TPSA) is 23.5 Å². The van der Waals surface area contributed by atoms with E-state index >= 15 is 0 Å². The summed E-state index contributed by atoms with van der Waals surface area (Å²) < 4.78 is 0. The highest BCUT2D eigenvalue weighted by atomic mass is 16.3. The maximum Gasteiger partial charge on any atom is 0.0695 e. The molecule has 0 spiro atoms. The highest BCUT2D eigenvalue weighted by Gasteiger charge is 2.36. The molecule has 1 saturated carbocycles. The van der Waals surface area contributed by atoms with Gasteiger partial charge in [0.2, 0.25) is 0 Å². The van der Waals surface area contributed by atoms with Crippen LogP contribution in [0.5, 0.6) is 0 Å². The zero-order valence-corrected chi connectivity index (χ0v) is 10.2. The third-order valence-corrected chi connectivity index (χ3v) is 4.50. The number of hydrogen-bond donors (Lipinski definition) is 1. The first-order valence-corrected chi connectivity index (χ1v) is 6.66. The molecule has 15 heavy (non-hydrogen) atoms. The summed E-state index contributed by atoms with van der Waals surface area (Å²) >= 11 is 0. The van der Waals surface area contributed by atoms with Crippen molar-refractivity contribution in [1.29, 1.82) is 0 Å². The van der Waals surface area contributed by atoms with Crippen molar-refractivity contribution >= 4 is 0 Å². The number of nitrogens with zero attached hydrogens (tertiary/aromatic N) is 1. The molecule has 2 fully saturated rings. The summed E-state index contributed by atoms with van der Waals surface area (Å²) in [5.74, 6) is 0.853. The van der Waals surface area contributed by atoms with Crippen LogP contribution in [0.1, 0.15) is 52.4 Å². The first-order valence-electron chi connectivity index (χ1n) is 6.66. The molecule has 1 aliphatic carbocycles. The Labute approximate surface area is 93.7 Å². The summed E-state index contributed by atoms with van der Waals surface area (Å²) in [5, 5.41) is 10.1. The van der Waals surface area contributed by atoms with Crippen LogP contribution in [0.2, 0.25) is 0 Å². The fourth-order valence-electron chi connectivity index (χ4n) is 3.39. The quantitative estimate of drug-likeness (QED) is 0.758. The molecule has 0 aromatic heterocycles. The van der Waals surface area contributed by atoms with Gasteiger partial charge in [-0.3, -0.25) is 4.90 Å². The Morgan fingerprint density at radius 3 is 2.67 bits per heavy atom. The molecule has 1 N–H and O–H groups in total. The smallest absolute Gasteiger partial charge is 0.0695 e. The summed E-state index contributed by atoms with van der Waals surface area (Å²) in [6, 6.07) is 1.15. The molecule has 4 atom stereocenters. The highest BCUT2D eigenvalue weighted by molar-refractivity contribution is 4.90. The Balaban J connectivity index is 1.98. The predicted octanol–water partition coefficient (Wildman–Crippen LogP) is 2.41. The minimum atomic E-state index is -0.0617. The Bertz CT molecular complexity index is 207. The number of hydrogen-bond acceptors (Lipinski definition) is 2. The maximum absolute atomic E-state index is 10.1. The molecule has 2 heteroatoms. The van der Waals surface area contributed by atoms with Gasteiger partial charge in [0.15, 0.2) is 0 Å². The summed E-state index contributed by atoms with van der Waals surface area (Å²) in [5.41, 5.74) is 0. The van der Waals surface area contributed by atoms with Crippen molar-refractivity contribution in [2.45, 2.75) is 70.6 Å². The Hall–Kier alpha value is -0.0800. The van der Waals surface area contributed by atoms with E-state index in [1.54, 1.807) is 0 Å². The van der Waals surface area contributed by atoms with Gasteiger partial charge in [-0.1, -0.05) is 13.3 Å². The second-order valence-corrected chi connectivity index (χ2v) is 5.45. The van der Waals surface area contributed by atoms with Gasteiger partial charge in [-0.15, -0.1) is 0 Å². The van der Waals surface area contributed by atoms with E-state index in [2.05, 4.69) is 18.7 Å². The van der Waals surface area contributed by atoms with Gasteiger partial charge in [0.05, 0.1) is 6.10 Å². The first-order chi connectivity index (χ1) is 7.22. The second-order valence-electron chi connectivity index (χ2n) is 5.45. The number of aliphatic hydroxyl groups excluding tert-OH is 1. The molecule has 0 bridgehead atoms. The molecule has 0 aromatic carbocycles. The van der Waals surface area contributed by atoms with Gasteiger partial charge in [-0.25, -0.2) is 0 Å². The van der Waals surface area contributed by atoms with Gasteiger partial charge in [0.1, 0.15) is 0 Å². The van der Waals surface area contributed by atoms with E-state index in [1.165, 1.54) is 38.6 Å². The van der Waals surface area contributed by atoms with E-state index in [1.807, 2.05) is 0 Å². The van der Waals surface area contributed by atoms with Crippen molar-refractivity contribution < 1.29 is 5.11 Å². The molecule has 0 amide bonds. The maximum atomic E-state index is 10.1. The van der Waals surface area contributed by atoms with E-state index in [-0.39, 0.29) is 6.10 Å². The second kappa shape index (κ2) is 4.84. The lowest BCUT2D eigenvalue weighted by Gasteiger charge is -2.40. The lowest BCUT2D eigenvalue weighted by Crippen LogP contribution is -2.48. The van der Waals surface area contributed by atoms with Gasteiger partial charge in [0.25, 0.3) is 0 Å². The van der Waals surface area contributed by atoms with Crippen LogP contribution in [0.25, 0.3) is 0 Å². The largest absolute Gasteiger partial charge is 0.391 e. The normalized spacial score (nSPS) is 43.4. The molecule has 0 aromatic rings. The van der Waals surface area contributed by atoms with E-state index in [0.717, 1.165) is 12.3 Å². The standard InChI is InChI=1S/C13H25NO/c1-3-11-6-7-13(15)12(9-11)14-8-4-5-10(14)2/h10-13,15H,3-9H2,1-2H3. The summed E-state index contributed by atoms with van der Waals surface area (Å²) in [6.45, 7) is 5.81. The molecule has 1 saturated heterocycles. The van der Waals surface area contributed by atoms with Gasteiger partial charge in [-0.05, 0) is 51.5 Å². The van der Waals surface area contributed by atoms with Crippen LogP contribution in [0, 0.1) is 5.92 Å². The van der Waals surface area contributed by atoms with Crippen molar-refractivity contribution in [1.82, 2.24) is 4.90 Å². The molecule has 2 rings (SSSR count). The monoisotopic (exact) mass is 211 g/mol. The number of rotatable bonds is 2. The van der Waals surface area contributed by atoms with E-state index in [9.17, 15) is 5.11 Å². The van der Waals surface area contributed by atoms with E-state index < -0.39 is 0 Å². The van der Waals surface area contributed by atoms with Gasteiger partial charge >= 0.3 is 0 Å². The molecule has 88 valence electrons. The van der Waals surface area contributed by atoms with Gasteiger partial charge in [-0.2, -0.15) is 0 Å². The predicted molar refractivity (Wildman–Crippen MR) is 62.8 cm³/mol. The van der Waals surface area contributed by atoms with E-state index in [4.69, 9.17) is 0 Å². The third-order valence-electron chi connectivity index (χ3n) is 4.50. The molecule has 0 radical (unpaired) electrons. The summed E-state index contributed by atoms with van der Waals surface area (Å²) in [7, 11) is 0. The third kappa shape index (κ3) is 2.36. The SMILES string of the molecule is CCC1CCC(O)C(N2CCCC2C)C1. The highest BCUT2D eigenvalue weighted by Crippen LogP contribution is 2.33. The lowest BCUT2D eigenvalue weighted by atomic mass is 9.81. The average molecular weight is 211 g/mol. The number of likely N-dealkylation sites (tertiary alicyclic amines) is 1. The van der Waals surface area contributed by atoms with Crippen molar-refractivity contribution in [3.8, 4) is 0 Å². The first kappa shape index (κ1) is 11.4. The van der Waals surface area contributed by atoms with Crippen LogP contribution in [-0.2, 0) is 0 Å². The Kier molecular flexibility index (Phi) is 3.68. The Morgan fingerprint density at radius 2 is 2.07 bits per heavy atom. The van der Waals surface area contributed by atoms with Crippen molar-refractivity contribution in [2.24, 2.45) is 5.92 Å². The molecule has 4 unspecified atom stereocenters. The van der Waals surface area contributed by atoms with Crippen LogP contribution in [-0.4, -0.2) is 34.7 Å². The average Bonchev–Trinajstić information content (AvgIpc) is 2.65. The lowest BCUT2D eigenvalue weighted by molar-refractivity contribution is -0.000582. The van der Waals surface area contributed by atoms with Crippen molar-refractivity contribution in [2.75, 3.05) is 6.54 Å². The van der Waals surface area contributed by atoms with Crippen LogP contribution >= 0.6 is 0 Å². The minimum absolute atomic E-state index is 0.0617. The van der Waals surface area contributed by atoms with Crippen molar-refractivity contribution in [3.05, 3.63) is 0 Å². The van der Waals surface area contributed by atoms with Crippen LogP contribution in [0.3, 0.4) is 0 Å². The fraction of sp³-hybridized carbons (Fsp3) is 1.00. The molecule has 2 aliphatic rings. The summed E-state index contributed by atoms with van der Waals surface area (Å²) in [4.78, 5) is 2.56. The minimum Gasteiger partial charge on any atom is -0.391 e. The fourth-order valence-corrected chi connectivity index (χ4v) is 3.39. The molecule has 1 heterocycles. The van der Waals surface area contributed by atoms with Gasteiger partial charge < -0.3 is 5.11 Å². The zero-order chi connectivity index (χ0) is 10.8. The molecule has 2 nitrogen and oxygen atoms in total. The molecule has 1 aliphatic heterocycles.